The summed E-state index contributed by atoms with van der Waals surface area (Å²) < 4.78 is 1.17. The van der Waals surface area contributed by atoms with Crippen LogP contribution in [0.5, 0.6) is 5.88 Å². The van der Waals surface area contributed by atoms with E-state index < -0.39 is 11.2 Å². The van der Waals surface area contributed by atoms with Gasteiger partial charge in [-0.2, -0.15) is 0 Å². The number of aromatic nitrogens is 2. The zero-order valence-electron chi connectivity index (χ0n) is 11.2. The topological polar surface area (TPSA) is 75.1 Å². The van der Waals surface area contributed by atoms with Gasteiger partial charge < -0.3 is 5.11 Å². The van der Waals surface area contributed by atoms with E-state index in [1.807, 2.05) is 6.92 Å². The first kappa shape index (κ1) is 14.4. The van der Waals surface area contributed by atoms with Crippen LogP contribution in [0.3, 0.4) is 0 Å². The van der Waals surface area contributed by atoms with Crippen LogP contribution in [0.2, 0.25) is 5.02 Å². The van der Waals surface area contributed by atoms with Gasteiger partial charge in [0.2, 0.25) is 5.88 Å². The van der Waals surface area contributed by atoms with Gasteiger partial charge in [-0.3, -0.25) is 14.3 Å². The molecule has 1 heterocycles. The van der Waals surface area contributed by atoms with E-state index in [1.165, 1.54) is 4.57 Å². The summed E-state index contributed by atoms with van der Waals surface area (Å²) in [4.78, 5) is 26.1. The Morgan fingerprint density at radius 1 is 1.35 bits per heavy atom. The molecule has 2 rings (SSSR count). The summed E-state index contributed by atoms with van der Waals surface area (Å²) in [5.41, 5.74) is -0.877. The molecule has 5 nitrogen and oxygen atoms in total. The molecular formula is C14H15ClN2O3. The molecule has 0 fully saturated rings. The molecule has 1 atom stereocenters. The maximum Gasteiger partial charge on any atom is 0.331 e. The minimum atomic E-state index is -0.653. The Bertz CT molecular complexity index is 749. The molecule has 20 heavy (non-hydrogen) atoms. The van der Waals surface area contributed by atoms with Crippen LogP contribution in [0, 0.1) is 0 Å². The van der Waals surface area contributed by atoms with Crippen molar-refractivity contribution in [2.75, 3.05) is 0 Å². The van der Waals surface area contributed by atoms with Gasteiger partial charge in [0.1, 0.15) is 5.56 Å². The van der Waals surface area contributed by atoms with Gasteiger partial charge in [-0.1, -0.05) is 36.7 Å². The average Bonchev–Trinajstić information content (AvgIpc) is 2.40. The summed E-state index contributed by atoms with van der Waals surface area (Å²) >= 11 is 6.06. The first-order chi connectivity index (χ1) is 9.47. The normalized spacial score (nSPS) is 12.3. The van der Waals surface area contributed by atoms with Gasteiger partial charge in [-0.25, -0.2) is 4.79 Å². The van der Waals surface area contributed by atoms with Gasteiger partial charge in [0.25, 0.3) is 5.56 Å². The number of hydrogen-bond donors (Lipinski definition) is 2. The Balaban J connectivity index is 2.82. The van der Waals surface area contributed by atoms with Crippen molar-refractivity contribution in [3.05, 3.63) is 50.1 Å². The molecule has 6 heteroatoms. The van der Waals surface area contributed by atoms with Crippen LogP contribution in [0.15, 0.2) is 33.9 Å². The average molecular weight is 295 g/mol. The number of benzene rings is 1. The molecule has 0 aliphatic carbocycles. The van der Waals surface area contributed by atoms with E-state index in [0.717, 1.165) is 0 Å². The Labute approximate surface area is 120 Å². The molecular weight excluding hydrogens is 280 g/mol. The van der Waals surface area contributed by atoms with Gasteiger partial charge in [0.15, 0.2) is 0 Å². The van der Waals surface area contributed by atoms with E-state index in [1.54, 1.807) is 31.2 Å². The quantitative estimate of drug-likeness (QED) is 0.913. The van der Waals surface area contributed by atoms with E-state index in [-0.39, 0.29) is 17.5 Å². The fourth-order valence-electron chi connectivity index (χ4n) is 2.04. The van der Waals surface area contributed by atoms with Gasteiger partial charge >= 0.3 is 5.69 Å². The van der Waals surface area contributed by atoms with Crippen LogP contribution in [0.4, 0.5) is 0 Å². The van der Waals surface area contributed by atoms with Crippen molar-refractivity contribution in [3.63, 3.8) is 0 Å². The zero-order valence-corrected chi connectivity index (χ0v) is 11.9. The smallest absolute Gasteiger partial charge is 0.331 e. The number of nitrogens with one attached hydrogen (secondary N) is 1. The summed E-state index contributed by atoms with van der Waals surface area (Å²) in [5.74, 6) is -0.360. The minimum absolute atomic E-state index is 0.00972. The van der Waals surface area contributed by atoms with Gasteiger partial charge in [-0.05, 0) is 19.4 Å². The first-order valence-corrected chi connectivity index (χ1v) is 6.67. The molecule has 1 unspecified atom stereocenters. The molecule has 0 bridgehead atoms. The number of nitrogens with zero attached hydrogens (tertiary/aromatic N) is 1. The maximum atomic E-state index is 12.0. The van der Waals surface area contributed by atoms with E-state index in [0.29, 0.717) is 17.0 Å². The zero-order chi connectivity index (χ0) is 14.9. The molecule has 0 amide bonds. The van der Waals surface area contributed by atoms with Crippen molar-refractivity contribution < 1.29 is 5.11 Å². The molecule has 0 aliphatic rings. The highest BCUT2D eigenvalue weighted by Gasteiger charge is 2.20. The number of aromatic amines is 1. The van der Waals surface area contributed by atoms with Crippen molar-refractivity contribution in [2.24, 2.45) is 0 Å². The molecule has 0 aliphatic heterocycles. The Hall–Kier alpha value is -2.01. The van der Waals surface area contributed by atoms with E-state index >= 15 is 0 Å². The lowest BCUT2D eigenvalue weighted by molar-refractivity contribution is 0.369. The van der Waals surface area contributed by atoms with Crippen molar-refractivity contribution in [3.8, 4) is 17.0 Å². The second kappa shape index (κ2) is 5.54. The largest absolute Gasteiger partial charge is 0.494 e. The maximum absolute atomic E-state index is 12.0. The fourth-order valence-corrected chi connectivity index (χ4v) is 2.27. The summed E-state index contributed by atoms with van der Waals surface area (Å²) in [6, 6.07) is 6.44. The number of H-pyrrole nitrogens is 1. The highest BCUT2D eigenvalue weighted by atomic mass is 35.5. The lowest BCUT2D eigenvalue weighted by atomic mass is 10.1. The summed E-state index contributed by atoms with van der Waals surface area (Å²) in [6.45, 7) is 3.67. The molecule has 106 valence electrons. The SMILES string of the molecule is CCC(C)n1c(O)c(-c2ccccc2Cl)c(=O)[nH]c1=O. The molecule has 2 N–H and O–H groups in total. The van der Waals surface area contributed by atoms with Crippen molar-refractivity contribution in [2.45, 2.75) is 26.3 Å². The standard InChI is InChI=1S/C14H15ClN2O3/c1-3-8(2)17-13(19)11(12(18)16-14(17)20)9-6-4-5-7-10(9)15/h4-8,19H,3H2,1-2H3,(H,16,18,20). The minimum Gasteiger partial charge on any atom is -0.494 e. The van der Waals surface area contributed by atoms with E-state index in [9.17, 15) is 14.7 Å². The molecule has 0 spiro atoms. The molecule has 0 saturated heterocycles. The highest BCUT2D eigenvalue weighted by molar-refractivity contribution is 6.33. The molecule has 1 aromatic heterocycles. The van der Waals surface area contributed by atoms with Crippen LogP contribution >= 0.6 is 11.6 Å². The van der Waals surface area contributed by atoms with Crippen LogP contribution in [-0.2, 0) is 0 Å². The third kappa shape index (κ3) is 2.36. The lowest BCUT2D eigenvalue weighted by Gasteiger charge is -2.16. The highest BCUT2D eigenvalue weighted by Crippen LogP contribution is 2.31. The van der Waals surface area contributed by atoms with E-state index in [4.69, 9.17) is 11.6 Å². The summed E-state index contributed by atoms with van der Waals surface area (Å²) in [5, 5.41) is 10.6. The molecule has 0 saturated carbocycles. The number of halogens is 1. The second-order valence-corrected chi connectivity index (χ2v) is 4.97. The van der Waals surface area contributed by atoms with Gasteiger partial charge in [0, 0.05) is 16.6 Å². The molecule has 0 radical (unpaired) electrons. The second-order valence-electron chi connectivity index (χ2n) is 4.57. The monoisotopic (exact) mass is 294 g/mol. The van der Waals surface area contributed by atoms with Gasteiger partial charge in [0.05, 0.1) is 0 Å². The fraction of sp³-hybridized carbons (Fsp3) is 0.286. The van der Waals surface area contributed by atoms with Crippen LogP contribution in [0.25, 0.3) is 11.1 Å². The predicted octanol–water partition coefficient (Wildman–Crippen LogP) is 2.53. The third-order valence-corrected chi connectivity index (χ3v) is 3.62. The Morgan fingerprint density at radius 2 is 2.00 bits per heavy atom. The number of hydrogen-bond acceptors (Lipinski definition) is 3. The third-order valence-electron chi connectivity index (χ3n) is 3.29. The van der Waals surface area contributed by atoms with Crippen LogP contribution in [-0.4, -0.2) is 14.7 Å². The number of rotatable bonds is 3. The van der Waals surface area contributed by atoms with Gasteiger partial charge in [-0.15, -0.1) is 0 Å². The van der Waals surface area contributed by atoms with Crippen molar-refractivity contribution >= 4 is 11.6 Å². The number of aromatic hydroxyl groups is 1. The Morgan fingerprint density at radius 3 is 2.60 bits per heavy atom. The van der Waals surface area contributed by atoms with E-state index in [2.05, 4.69) is 4.98 Å². The molecule has 1 aromatic carbocycles. The summed E-state index contributed by atoms with van der Waals surface area (Å²) in [6.07, 6.45) is 0.640. The van der Waals surface area contributed by atoms with Crippen LogP contribution in [0.1, 0.15) is 26.3 Å². The van der Waals surface area contributed by atoms with Crippen LogP contribution < -0.4 is 11.2 Å². The lowest BCUT2D eigenvalue weighted by Crippen LogP contribution is -2.32. The Kier molecular flexibility index (Phi) is 3.99. The molecule has 2 aromatic rings. The van der Waals surface area contributed by atoms with Crippen molar-refractivity contribution in [1.29, 1.82) is 0 Å². The van der Waals surface area contributed by atoms with Crippen molar-refractivity contribution in [1.82, 2.24) is 9.55 Å². The first-order valence-electron chi connectivity index (χ1n) is 6.30. The summed E-state index contributed by atoms with van der Waals surface area (Å²) in [7, 11) is 0. The predicted molar refractivity (Wildman–Crippen MR) is 78.4 cm³/mol.